The summed E-state index contributed by atoms with van der Waals surface area (Å²) in [6, 6.07) is 0. The molecule has 1 saturated carbocycles. The third-order valence-corrected chi connectivity index (χ3v) is 2.92. The molecule has 15 heavy (non-hydrogen) atoms. The predicted octanol–water partition coefficient (Wildman–Crippen LogP) is 0.153. The summed E-state index contributed by atoms with van der Waals surface area (Å²) < 4.78 is 0. The predicted molar refractivity (Wildman–Crippen MR) is 55.8 cm³/mol. The van der Waals surface area contributed by atoms with E-state index in [0.29, 0.717) is 12.5 Å². The van der Waals surface area contributed by atoms with E-state index >= 15 is 0 Å². The van der Waals surface area contributed by atoms with Gasteiger partial charge in [-0.2, -0.15) is 5.10 Å². The topological polar surface area (TPSA) is 83.8 Å². The molecule has 5 nitrogen and oxygen atoms in total. The number of carbonyl (C=O) groups excluding carboxylic acids is 1. The second-order valence-electron chi connectivity index (χ2n) is 4.35. The highest BCUT2D eigenvalue weighted by molar-refractivity contribution is 5.86. The SMILES string of the molecule is CC(N)(C(=O)NCc1cn[nH]c1)C1CC1. The van der Waals surface area contributed by atoms with Crippen LogP contribution in [0.4, 0.5) is 0 Å². The van der Waals surface area contributed by atoms with Crippen molar-refractivity contribution in [2.45, 2.75) is 31.8 Å². The summed E-state index contributed by atoms with van der Waals surface area (Å²) in [6.45, 7) is 2.28. The number of amides is 1. The van der Waals surface area contributed by atoms with E-state index in [0.717, 1.165) is 18.4 Å². The van der Waals surface area contributed by atoms with E-state index in [-0.39, 0.29) is 5.91 Å². The first kappa shape index (κ1) is 10.2. The third-order valence-electron chi connectivity index (χ3n) is 2.92. The van der Waals surface area contributed by atoms with Crippen molar-refractivity contribution >= 4 is 5.91 Å². The Morgan fingerprint density at radius 2 is 2.53 bits per heavy atom. The fourth-order valence-corrected chi connectivity index (χ4v) is 1.62. The lowest BCUT2D eigenvalue weighted by Crippen LogP contribution is -2.53. The van der Waals surface area contributed by atoms with Crippen LogP contribution in [0.15, 0.2) is 12.4 Å². The fourth-order valence-electron chi connectivity index (χ4n) is 1.62. The van der Waals surface area contributed by atoms with Crippen LogP contribution in [0.1, 0.15) is 25.3 Å². The molecule has 1 atom stereocenters. The lowest BCUT2D eigenvalue weighted by molar-refractivity contribution is -0.126. The molecule has 1 amide bonds. The van der Waals surface area contributed by atoms with Crippen molar-refractivity contribution in [2.24, 2.45) is 11.7 Å². The van der Waals surface area contributed by atoms with Gasteiger partial charge >= 0.3 is 0 Å². The van der Waals surface area contributed by atoms with E-state index in [9.17, 15) is 4.79 Å². The van der Waals surface area contributed by atoms with Crippen molar-refractivity contribution in [2.75, 3.05) is 0 Å². The van der Waals surface area contributed by atoms with Crippen molar-refractivity contribution in [3.05, 3.63) is 18.0 Å². The Labute approximate surface area is 88.4 Å². The number of rotatable bonds is 4. The monoisotopic (exact) mass is 208 g/mol. The van der Waals surface area contributed by atoms with Crippen LogP contribution in [0.5, 0.6) is 0 Å². The van der Waals surface area contributed by atoms with Crippen LogP contribution in [0.2, 0.25) is 0 Å². The summed E-state index contributed by atoms with van der Waals surface area (Å²) >= 11 is 0. The van der Waals surface area contributed by atoms with E-state index < -0.39 is 5.54 Å². The first-order valence-corrected chi connectivity index (χ1v) is 5.15. The maximum absolute atomic E-state index is 11.8. The molecule has 82 valence electrons. The molecule has 1 unspecified atom stereocenters. The van der Waals surface area contributed by atoms with Crippen molar-refractivity contribution < 1.29 is 4.79 Å². The van der Waals surface area contributed by atoms with E-state index in [1.807, 2.05) is 0 Å². The molecule has 0 radical (unpaired) electrons. The van der Waals surface area contributed by atoms with Gasteiger partial charge in [-0.25, -0.2) is 0 Å². The number of hydrogen-bond donors (Lipinski definition) is 3. The number of aromatic nitrogens is 2. The molecule has 1 fully saturated rings. The first-order chi connectivity index (χ1) is 7.10. The minimum absolute atomic E-state index is 0.0776. The standard InChI is InChI=1S/C10H16N4O/c1-10(11,8-2-3-8)9(15)12-4-7-5-13-14-6-7/h5-6,8H,2-4,11H2,1H3,(H,12,15)(H,13,14). The zero-order valence-corrected chi connectivity index (χ0v) is 8.79. The molecule has 0 aromatic carbocycles. The van der Waals surface area contributed by atoms with Gasteiger partial charge < -0.3 is 11.1 Å². The lowest BCUT2D eigenvalue weighted by Gasteiger charge is -2.22. The number of nitrogens with one attached hydrogen (secondary N) is 2. The van der Waals surface area contributed by atoms with Gasteiger partial charge in [-0.1, -0.05) is 0 Å². The second-order valence-corrected chi connectivity index (χ2v) is 4.35. The largest absolute Gasteiger partial charge is 0.350 e. The average molecular weight is 208 g/mol. The summed E-state index contributed by atoms with van der Waals surface area (Å²) in [5.74, 6) is 0.271. The summed E-state index contributed by atoms with van der Waals surface area (Å²) in [6.07, 6.45) is 5.56. The van der Waals surface area contributed by atoms with Crippen molar-refractivity contribution in [1.29, 1.82) is 0 Å². The number of nitrogens with zero attached hydrogens (tertiary/aromatic N) is 1. The molecule has 1 aliphatic carbocycles. The van der Waals surface area contributed by atoms with Gasteiger partial charge in [-0.3, -0.25) is 9.89 Å². The Bertz CT molecular complexity index is 340. The van der Waals surface area contributed by atoms with Crippen LogP contribution in [-0.2, 0) is 11.3 Å². The van der Waals surface area contributed by atoms with Crippen molar-refractivity contribution in [3.63, 3.8) is 0 Å². The molecule has 0 bridgehead atoms. The number of hydrogen-bond acceptors (Lipinski definition) is 3. The van der Waals surface area contributed by atoms with E-state index in [1.165, 1.54) is 0 Å². The molecule has 1 aromatic rings. The lowest BCUT2D eigenvalue weighted by atomic mass is 9.96. The van der Waals surface area contributed by atoms with E-state index in [4.69, 9.17) is 5.73 Å². The summed E-state index contributed by atoms with van der Waals surface area (Å²) in [4.78, 5) is 11.8. The van der Waals surface area contributed by atoms with E-state index in [1.54, 1.807) is 19.3 Å². The highest BCUT2D eigenvalue weighted by atomic mass is 16.2. The Kier molecular flexibility index (Phi) is 2.48. The zero-order valence-electron chi connectivity index (χ0n) is 8.79. The maximum Gasteiger partial charge on any atom is 0.240 e. The fraction of sp³-hybridized carbons (Fsp3) is 0.600. The minimum atomic E-state index is -0.719. The normalized spacial score (nSPS) is 19.6. The first-order valence-electron chi connectivity index (χ1n) is 5.15. The van der Waals surface area contributed by atoms with Crippen LogP contribution in [0.3, 0.4) is 0 Å². The number of aromatic amines is 1. The molecule has 5 heteroatoms. The number of nitrogens with two attached hydrogens (primary N) is 1. The molecule has 0 saturated heterocycles. The molecule has 4 N–H and O–H groups in total. The van der Waals surface area contributed by atoms with E-state index in [2.05, 4.69) is 15.5 Å². The van der Waals surface area contributed by atoms with Crippen LogP contribution in [0, 0.1) is 5.92 Å². The zero-order chi connectivity index (χ0) is 10.9. The van der Waals surface area contributed by atoms with Crippen LogP contribution >= 0.6 is 0 Å². The summed E-state index contributed by atoms with van der Waals surface area (Å²) in [7, 11) is 0. The van der Waals surface area contributed by atoms with Gasteiger partial charge in [0.1, 0.15) is 0 Å². The maximum atomic E-state index is 11.8. The minimum Gasteiger partial charge on any atom is -0.350 e. The molecule has 0 spiro atoms. The van der Waals surface area contributed by atoms with Gasteiger partial charge in [-0.15, -0.1) is 0 Å². The average Bonchev–Trinajstić information content (AvgIpc) is 2.94. The molecule has 1 heterocycles. The van der Waals surface area contributed by atoms with Gasteiger partial charge in [-0.05, 0) is 25.7 Å². The van der Waals surface area contributed by atoms with Crippen LogP contribution in [0.25, 0.3) is 0 Å². The Morgan fingerprint density at radius 3 is 3.07 bits per heavy atom. The van der Waals surface area contributed by atoms with Gasteiger partial charge in [0.25, 0.3) is 0 Å². The molecule has 1 aliphatic rings. The number of H-pyrrole nitrogens is 1. The summed E-state index contributed by atoms with van der Waals surface area (Å²) in [5, 5.41) is 9.32. The Balaban J connectivity index is 1.86. The van der Waals surface area contributed by atoms with Gasteiger partial charge in [0.2, 0.25) is 5.91 Å². The van der Waals surface area contributed by atoms with Crippen LogP contribution < -0.4 is 11.1 Å². The molecule has 1 aromatic heterocycles. The third kappa shape index (κ3) is 2.18. The molecular formula is C10H16N4O. The molecule has 2 rings (SSSR count). The van der Waals surface area contributed by atoms with Crippen LogP contribution in [-0.4, -0.2) is 21.6 Å². The summed E-state index contributed by atoms with van der Waals surface area (Å²) in [5.41, 5.74) is 6.20. The second kappa shape index (κ2) is 3.66. The Hall–Kier alpha value is -1.36. The van der Waals surface area contributed by atoms with Gasteiger partial charge in [0.15, 0.2) is 0 Å². The van der Waals surface area contributed by atoms with Gasteiger partial charge in [0.05, 0.1) is 11.7 Å². The van der Waals surface area contributed by atoms with Crippen molar-refractivity contribution in [1.82, 2.24) is 15.5 Å². The van der Waals surface area contributed by atoms with Crippen molar-refractivity contribution in [3.8, 4) is 0 Å². The molecule has 0 aliphatic heterocycles. The Morgan fingerprint density at radius 1 is 1.80 bits per heavy atom. The highest BCUT2D eigenvalue weighted by Crippen LogP contribution is 2.38. The number of carbonyl (C=O) groups is 1. The molecular weight excluding hydrogens is 192 g/mol. The van der Waals surface area contributed by atoms with Gasteiger partial charge in [0, 0.05) is 18.3 Å². The highest BCUT2D eigenvalue weighted by Gasteiger charge is 2.43. The quantitative estimate of drug-likeness (QED) is 0.658. The smallest absolute Gasteiger partial charge is 0.240 e.